The number of rotatable bonds is 5. The first-order valence-corrected chi connectivity index (χ1v) is 10.6. The molecule has 7 heteroatoms. The summed E-state index contributed by atoms with van der Waals surface area (Å²) in [5, 5.41) is 6.76. The molecule has 0 aliphatic carbocycles. The molecule has 1 aromatic carbocycles. The number of benzene rings is 1. The van der Waals surface area contributed by atoms with Gasteiger partial charge in [0.05, 0.1) is 10.6 Å². The highest BCUT2D eigenvalue weighted by Gasteiger charge is 2.25. The molecule has 1 unspecified atom stereocenters. The molecule has 1 fully saturated rings. The minimum Gasteiger partial charge on any atom is -0.324 e. The Morgan fingerprint density at radius 3 is 2.93 bits per heavy atom. The van der Waals surface area contributed by atoms with Gasteiger partial charge in [0.25, 0.3) is 0 Å². The van der Waals surface area contributed by atoms with E-state index in [1.165, 1.54) is 12.0 Å². The first kappa shape index (κ1) is 18.1. The second-order valence-corrected chi connectivity index (χ2v) is 8.22. The van der Waals surface area contributed by atoms with Crippen LogP contribution in [0, 0.1) is 0 Å². The Hall–Kier alpha value is -2.90. The third-order valence-corrected chi connectivity index (χ3v) is 6.27. The summed E-state index contributed by atoms with van der Waals surface area (Å²) < 4.78 is 2.11. The monoisotopic (exact) mass is 402 g/mol. The van der Waals surface area contributed by atoms with E-state index in [-0.39, 0.29) is 0 Å². The lowest BCUT2D eigenvalue weighted by molar-refractivity contribution is 0.763. The van der Waals surface area contributed by atoms with Crippen molar-refractivity contribution in [2.75, 3.05) is 29.3 Å². The number of pyridine rings is 1. The van der Waals surface area contributed by atoms with Gasteiger partial charge >= 0.3 is 0 Å². The Kier molecular flexibility index (Phi) is 4.91. The number of fused-ring (bicyclic) bond motifs is 3. The Morgan fingerprint density at radius 1 is 1.24 bits per heavy atom. The van der Waals surface area contributed by atoms with Gasteiger partial charge in [-0.3, -0.25) is 4.31 Å². The molecular weight excluding hydrogens is 380 g/mol. The van der Waals surface area contributed by atoms with Gasteiger partial charge in [-0.25, -0.2) is 15.0 Å². The molecule has 2 aromatic heterocycles. The van der Waals surface area contributed by atoms with Crippen LogP contribution in [0.25, 0.3) is 11.3 Å². The second kappa shape index (κ2) is 7.85. The predicted molar refractivity (Wildman–Crippen MR) is 119 cm³/mol. The molecular formula is C22H22N6S. The van der Waals surface area contributed by atoms with Crippen molar-refractivity contribution in [3.63, 3.8) is 0 Å². The van der Waals surface area contributed by atoms with E-state index in [1.54, 1.807) is 11.9 Å². The molecule has 2 N–H and O–H groups in total. The van der Waals surface area contributed by atoms with Crippen molar-refractivity contribution >= 4 is 29.4 Å². The van der Waals surface area contributed by atoms with Crippen LogP contribution < -0.4 is 14.9 Å². The van der Waals surface area contributed by atoms with E-state index in [1.807, 2.05) is 24.5 Å². The molecule has 2 aliphatic rings. The van der Waals surface area contributed by atoms with E-state index < -0.39 is 0 Å². The number of hydrogen-bond donors (Lipinski definition) is 2. The van der Waals surface area contributed by atoms with Crippen molar-refractivity contribution in [1.29, 1.82) is 0 Å². The number of aromatic nitrogens is 3. The molecule has 2 aliphatic heterocycles. The maximum Gasteiger partial charge on any atom is 0.227 e. The summed E-state index contributed by atoms with van der Waals surface area (Å²) in [5.74, 6) is 2.11. The lowest BCUT2D eigenvalue weighted by Gasteiger charge is -2.28. The smallest absolute Gasteiger partial charge is 0.227 e. The number of nitrogens with zero attached hydrogens (tertiary/aromatic N) is 4. The third kappa shape index (κ3) is 3.59. The summed E-state index contributed by atoms with van der Waals surface area (Å²) in [7, 11) is 0. The molecule has 0 radical (unpaired) electrons. The van der Waals surface area contributed by atoms with Gasteiger partial charge in [0.2, 0.25) is 5.95 Å². The average molecular weight is 403 g/mol. The van der Waals surface area contributed by atoms with Crippen LogP contribution in [0.2, 0.25) is 0 Å². The molecule has 4 heterocycles. The van der Waals surface area contributed by atoms with E-state index in [0.717, 1.165) is 40.7 Å². The van der Waals surface area contributed by atoms with E-state index in [0.29, 0.717) is 18.4 Å². The van der Waals surface area contributed by atoms with E-state index >= 15 is 0 Å². The van der Waals surface area contributed by atoms with Gasteiger partial charge < -0.3 is 10.6 Å². The predicted octanol–water partition coefficient (Wildman–Crippen LogP) is 4.37. The van der Waals surface area contributed by atoms with Crippen molar-refractivity contribution in [3.8, 4) is 11.3 Å². The van der Waals surface area contributed by atoms with Gasteiger partial charge in [0.15, 0.2) is 0 Å². The van der Waals surface area contributed by atoms with Gasteiger partial charge in [-0.15, -0.1) is 6.58 Å². The maximum absolute atomic E-state index is 4.80. The lowest BCUT2D eigenvalue weighted by Crippen LogP contribution is -2.20. The minimum atomic E-state index is 0.589. The van der Waals surface area contributed by atoms with Crippen LogP contribution in [0.15, 0.2) is 66.3 Å². The highest BCUT2D eigenvalue weighted by atomic mass is 32.2. The average Bonchev–Trinajstić information content (AvgIpc) is 3.30. The molecule has 29 heavy (non-hydrogen) atoms. The van der Waals surface area contributed by atoms with Gasteiger partial charge in [-0.05, 0) is 60.7 Å². The summed E-state index contributed by atoms with van der Waals surface area (Å²) in [5.41, 5.74) is 4.29. The van der Waals surface area contributed by atoms with Crippen LogP contribution >= 0.6 is 11.9 Å². The van der Waals surface area contributed by atoms with E-state index in [4.69, 9.17) is 4.98 Å². The van der Waals surface area contributed by atoms with Crippen molar-refractivity contribution in [1.82, 2.24) is 20.3 Å². The summed E-state index contributed by atoms with van der Waals surface area (Å²) in [6, 6.07) is 12.6. The van der Waals surface area contributed by atoms with Crippen molar-refractivity contribution in [2.24, 2.45) is 0 Å². The van der Waals surface area contributed by atoms with Gasteiger partial charge in [0, 0.05) is 36.7 Å². The molecule has 146 valence electrons. The van der Waals surface area contributed by atoms with Gasteiger partial charge in [-0.2, -0.15) is 0 Å². The highest BCUT2D eigenvalue weighted by Crippen LogP contribution is 2.44. The number of anilines is 3. The molecule has 1 atom stereocenters. The molecule has 6 nitrogen and oxygen atoms in total. The maximum atomic E-state index is 4.80. The second-order valence-electron chi connectivity index (χ2n) is 7.16. The summed E-state index contributed by atoms with van der Waals surface area (Å²) in [6.45, 7) is 6.72. The molecule has 0 bridgehead atoms. The normalized spacial score (nSPS) is 17.5. The molecule has 0 amide bonds. The van der Waals surface area contributed by atoms with Crippen LogP contribution in [-0.4, -0.2) is 34.6 Å². The summed E-state index contributed by atoms with van der Waals surface area (Å²) in [6.07, 6.45) is 6.76. The van der Waals surface area contributed by atoms with Crippen molar-refractivity contribution < 1.29 is 0 Å². The lowest BCUT2D eigenvalue weighted by atomic mass is 9.98. The summed E-state index contributed by atoms with van der Waals surface area (Å²) in [4.78, 5) is 14.9. The topological polar surface area (TPSA) is 66.0 Å². The first-order chi connectivity index (χ1) is 14.3. The SMILES string of the molecule is C=CCN1Sc2cnc(Nc3ccc(C4CCNC4)cc3)nc2-c2cccnc21. The largest absolute Gasteiger partial charge is 0.324 e. The van der Waals surface area contributed by atoms with Crippen LogP contribution in [0.4, 0.5) is 17.5 Å². The molecule has 5 rings (SSSR count). The van der Waals surface area contributed by atoms with Gasteiger partial charge in [0.1, 0.15) is 5.82 Å². The zero-order valence-corrected chi connectivity index (χ0v) is 16.8. The van der Waals surface area contributed by atoms with Crippen LogP contribution in [0.5, 0.6) is 0 Å². The van der Waals surface area contributed by atoms with Gasteiger partial charge in [-0.1, -0.05) is 18.2 Å². The molecule has 3 aromatic rings. The van der Waals surface area contributed by atoms with Crippen LogP contribution in [0.1, 0.15) is 17.9 Å². The molecule has 1 saturated heterocycles. The fourth-order valence-electron chi connectivity index (χ4n) is 3.78. The van der Waals surface area contributed by atoms with Crippen LogP contribution in [0.3, 0.4) is 0 Å². The summed E-state index contributed by atoms with van der Waals surface area (Å²) >= 11 is 1.60. The Morgan fingerprint density at radius 2 is 2.14 bits per heavy atom. The fourth-order valence-corrected chi connectivity index (χ4v) is 4.77. The van der Waals surface area contributed by atoms with E-state index in [2.05, 4.69) is 61.8 Å². The fraction of sp³-hybridized carbons (Fsp3) is 0.227. The number of nitrogens with one attached hydrogen (secondary N) is 2. The quantitative estimate of drug-likeness (QED) is 0.485. The Bertz CT molecular complexity index is 1030. The zero-order valence-electron chi connectivity index (χ0n) is 16.0. The Labute approximate surface area is 174 Å². The molecule has 0 spiro atoms. The first-order valence-electron chi connectivity index (χ1n) is 9.78. The van der Waals surface area contributed by atoms with E-state index in [9.17, 15) is 0 Å². The van der Waals surface area contributed by atoms with Crippen molar-refractivity contribution in [2.45, 2.75) is 17.2 Å². The highest BCUT2D eigenvalue weighted by molar-refractivity contribution is 8.00. The molecule has 0 saturated carbocycles. The minimum absolute atomic E-state index is 0.589. The third-order valence-electron chi connectivity index (χ3n) is 5.24. The Balaban J connectivity index is 1.41. The van der Waals surface area contributed by atoms with Crippen LogP contribution in [-0.2, 0) is 0 Å². The zero-order chi connectivity index (χ0) is 19.6. The number of hydrogen-bond acceptors (Lipinski definition) is 7. The van der Waals surface area contributed by atoms with Crippen molar-refractivity contribution in [3.05, 3.63) is 67.0 Å². The standard InChI is InChI=1S/C22H22N6S/c1-2-12-28-21-18(4-3-10-24-21)20-19(29-28)14-25-22(27-20)26-17-7-5-15(6-8-17)16-9-11-23-13-16/h2-8,10,14,16,23H,1,9,11-13H2,(H,25,26,27).